The Balaban J connectivity index is 2.24. The Kier molecular flexibility index (Phi) is 5.71. The molecule has 0 aliphatic carbocycles. The minimum atomic E-state index is -0.610. The van der Waals surface area contributed by atoms with Crippen molar-refractivity contribution in [3.05, 3.63) is 62.1 Å². The van der Waals surface area contributed by atoms with Crippen LogP contribution >= 0.6 is 15.9 Å². The molecule has 8 nitrogen and oxygen atoms in total. The summed E-state index contributed by atoms with van der Waals surface area (Å²) < 4.78 is 5.57. The summed E-state index contributed by atoms with van der Waals surface area (Å²) in [5.74, 6) is -0.667. The highest BCUT2D eigenvalue weighted by Crippen LogP contribution is 2.27. The second-order valence-electron chi connectivity index (χ2n) is 4.94. The van der Waals surface area contributed by atoms with Crippen LogP contribution in [0.1, 0.15) is 22.8 Å². The molecule has 0 unspecified atom stereocenters. The SMILES string of the molecule is COc1ccc(/C(C)=N\NC(=O)c2cc(Br)ccc2O)cc1[N+](=O)[O-]. The fourth-order valence-electron chi connectivity index (χ4n) is 2.01. The van der Waals surface area contributed by atoms with Gasteiger partial charge in [-0.15, -0.1) is 0 Å². The normalized spacial score (nSPS) is 11.1. The predicted octanol–water partition coefficient (Wildman–Crippen LogP) is 3.23. The third-order valence-corrected chi connectivity index (χ3v) is 3.81. The highest BCUT2D eigenvalue weighted by Gasteiger charge is 2.16. The third kappa shape index (κ3) is 4.32. The lowest BCUT2D eigenvalue weighted by Crippen LogP contribution is -2.19. The number of carbonyl (C=O) groups excluding carboxylic acids is 1. The highest BCUT2D eigenvalue weighted by atomic mass is 79.9. The quantitative estimate of drug-likeness (QED) is 0.448. The van der Waals surface area contributed by atoms with E-state index in [2.05, 4.69) is 26.5 Å². The number of ether oxygens (including phenoxy) is 1. The number of phenolic OH excluding ortho intramolecular Hbond substituents is 1. The van der Waals surface area contributed by atoms with Gasteiger partial charge in [0.1, 0.15) is 5.75 Å². The van der Waals surface area contributed by atoms with Crippen molar-refractivity contribution in [3.63, 3.8) is 0 Å². The first kappa shape index (κ1) is 18.4. The van der Waals surface area contributed by atoms with Gasteiger partial charge >= 0.3 is 5.69 Å². The van der Waals surface area contributed by atoms with Gasteiger partial charge in [0.05, 0.1) is 23.3 Å². The third-order valence-electron chi connectivity index (χ3n) is 3.32. The number of hydrogen-bond acceptors (Lipinski definition) is 6. The van der Waals surface area contributed by atoms with Crippen LogP contribution in [0.4, 0.5) is 5.69 Å². The van der Waals surface area contributed by atoms with Crippen LogP contribution in [0.2, 0.25) is 0 Å². The second-order valence-corrected chi connectivity index (χ2v) is 5.86. The molecule has 0 radical (unpaired) electrons. The molecule has 0 saturated heterocycles. The first-order valence-electron chi connectivity index (χ1n) is 6.99. The zero-order chi connectivity index (χ0) is 18.6. The minimum Gasteiger partial charge on any atom is -0.507 e. The van der Waals surface area contributed by atoms with E-state index in [4.69, 9.17) is 4.74 Å². The molecule has 1 amide bonds. The Hall–Kier alpha value is -2.94. The van der Waals surface area contributed by atoms with E-state index in [0.29, 0.717) is 15.7 Å². The van der Waals surface area contributed by atoms with Crippen LogP contribution in [0.5, 0.6) is 11.5 Å². The molecule has 0 fully saturated rings. The lowest BCUT2D eigenvalue weighted by Gasteiger charge is -2.06. The zero-order valence-corrected chi connectivity index (χ0v) is 14.9. The Labute approximate surface area is 151 Å². The molecule has 0 aliphatic heterocycles. The predicted molar refractivity (Wildman–Crippen MR) is 95.1 cm³/mol. The van der Waals surface area contributed by atoms with Crippen LogP contribution in [-0.2, 0) is 0 Å². The average molecular weight is 408 g/mol. The summed E-state index contributed by atoms with van der Waals surface area (Å²) in [6.07, 6.45) is 0. The highest BCUT2D eigenvalue weighted by molar-refractivity contribution is 9.10. The topological polar surface area (TPSA) is 114 Å². The smallest absolute Gasteiger partial charge is 0.311 e. The van der Waals surface area contributed by atoms with Crippen LogP contribution in [0.25, 0.3) is 0 Å². The number of phenols is 1. The molecule has 0 heterocycles. The van der Waals surface area contributed by atoms with E-state index in [9.17, 15) is 20.0 Å². The van der Waals surface area contributed by atoms with Crippen molar-refractivity contribution < 1.29 is 19.6 Å². The van der Waals surface area contributed by atoms with E-state index < -0.39 is 10.8 Å². The van der Waals surface area contributed by atoms with E-state index in [1.54, 1.807) is 19.1 Å². The van der Waals surface area contributed by atoms with Crippen molar-refractivity contribution in [1.82, 2.24) is 5.43 Å². The maximum atomic E-state index is 12.1. The van der Waals surface area contributed by atoms with Gasteiger partial charge in [0.25, 0.3) is 5.91 Å². The van der Waals surface area contributed by atoms with E-state index >= 15 is 0 Å². The van der Waals surface area contributed by atoms with Crippen LogP contribution in [0.15, 0.2) is 46.0 Å². The maximum Gasteiger partial charge on any atom is 0.311 e. The van der Waals surface area contributed by atoms with E-state index in [-0.39, 0.29) is 22.7 Å². The van der Waals surface area contributed by atoms with Gasteiger partial charge in [-0.1, -0.05) is 15.9 Å². The fraction of sp³-hybridized carbons (Fsp3) is 0.125. The number of nitro groups is 1. The second kappa shape index (κ2) is 7.75. The molecule has 0 saturated carbocycles. The van der Waals surface area contributed by atoms with Crippen LogP contribution in [0, 0.1) is 10.1 Å². The number of hydrogen-bond donors (Lipinski definition) is 2. The van der Waals surface area contributed by atoms with Crippen molar-refractivity contribution >= 4 is 33.2 Å². The number of nitro benzene ring substituents is 1. The van der Waals surface area contributed by atoms with Crippen molar-refractivity contribution in [1.29, 1.82) is 0 Å². The number of halogens is 1. The summed E-state index contributed by atoms with van der Waals surface area (Å²) in [5.41, 5.74) is 2.96. The Bertz CT molecular complexity index is 867. The lowest BCUT2D eigenvalue weighted by atomic mass is 10.1. The molecule has 9 heteroatoms. The van der Waals surface area contributed by atoms with Crippen molar-refractivity contribution in [3.8, 4) is 11.5 Å². The summed E-state index contributed by atoms with van der Waals surface area (Å²) in [7, 11) is 1.34. The van der Waals surface area contributed by atoms with Gasteiger partial charge in [-0.25, -0.2) is 5.43 Å². The standard InChI is InChI=1S/C16H14BrN3O5/c1-9(10-3-6-15(25-2)13(7-10)20(23)24)18-19-16(22)12-8-11(17)4-5-14(12)21/h3-8,21H,1-2H3,(H,19,22)/b18-9-. The Morgan fingerprint density at radius 3 is 2.68 bits per heavy atom. The number of nitrogens with zero attached hydrogens (tertiary/aromatic N) is 2. The van der Waals surface area contributed by atoms with Gasteiger partial charge in [-0.2, -0.15) is 5.10 Å². The fourth-order valence-corrected chi connectivity index (χ4v) is 2.37. The molecule has 0 bridgehead atoms. The van der Waals surface area contributed by atoms with Crippen LogP contribution < -0.4 is 10.2 Å². The molecule has 0 aliphatic rings. The molecule has 0 atom stereocenters. The van der Waals surface area contributed by atoms with Gasteiger partial charge in [0.15, 0.2) is 5.75 Å². The molecule has 2 rings (SSSR count). The Morgan fingerprint density at radius 1 is 1.32 bits per heavy atom. The van der Waals surface area contributed by atoms with Crippen molar-refractivity contribution in [2.45, 2.75) is 6.92 Å². The van der Waals surface area contributed by atoms with E-state index in [1.807, 2.05) is 0 Å². The molecule has 2 aromatic rings. The van der Waals surface area contributed by atoms with Gasteiger partial charge in [-0.05, 0) is 37.3 Å². The minimum absolute atomic E-state index is 0.0478. The van der Waals surface area contributed by atoms with Crippen molar-refractivity contribution in [2.75, 3.05) is 7.11 Å². The monoisotopic (exact) mass is 407 g/mol. The molecule has 2 N–H and O–H groups in total. The molecule has 25 heavy (non-hydrogen) atoms. The molecule has 2 aromatic carbocycles. The maximum absolute atomic E-state index is 12.1. The van der Waals surface area contributed by atoms with Crippen LogP contribution in [0.3, 0.4) is 0 Å². The van der Waals surface area contributed by atoms with E-state index in [1.165, 1.54) is 31.4 Å². The van der Waals surface area contributed by atoms with Crippen LogP contribution in [-0.4, -0.2) is 28.8 Å². The number of nitrogens with one attached hydrogen (secondary N) is 1. The largest absolute Gasteiger partial charge is 0.507 e. The van der Waals surface area contributed by atoms with Gasteiger partial charge in [0.2, 0.25) is 0 Å². The molecule has 0 aromatic heterocycles. The number of amides is 1. The first-order valence-corrected chi connectivity index (χ1v) is 7.78. The number of rotatable bonds is 5. The lowest BCUT2D eigenvalue weighted by molar-refractivity contribution is -0.385. The molecular formula is C16H14BrN3O5. The summed E-state index contributed by atoms with van der Waals surface area (Å²) in [4.78, 5) is 22.6. The van der Waals surface area contributed by atoms with Crippen molar-refractivity contribution in [2.24, 2.45) is 5.10 Å². The first-order chi connectivity index (χ1) is 11.8. The molecule has 130 valence electrons. The number of aromatic hydroxyl groups is 1. The summed E-state index contributed by atoms with van der Waals surface area (Å²) in [6, 6.07) is 8.77. The van der Waals surface area contributed by atoms with Gasteiger partial charge < -0.3 is 9.84 Å². The Morgan fingerprint density at radius 2 is 2.04 bits per heavy atom. The number of benzene rings is 2. The number of hydrazone groups is 1. The summed E-state index contributed by atoms with van der Waals surface area (Å²) in [5, 5.41) is 24.7. The van der Waals surface area contributed by atoms with E-state index in [0.717, 1.165) is 0 Å². The van der Waals surface area contributed by atoms with Gasteiger partial charge in [-0.3, -0.25) is 14.9 Å². The van der Waals surface area contributed by atoms with Gasteiger partial charge in [0, 0.05) is 16.1 Å². The average Bonchev–Trinajstić information content (AvgIpc) is 2.60. The summed E-state index contributed by atoms with van der Waals surface area (Å²) in [6.45, 7) is 1.59. The number of carbonyl (C=O) groups is 1. The molecular weight excluding hydrogens is 394 g/mol. The zero-order valence-electron chi connectivity index (χ0n) is 13.3. The molecule has 0 spiro atoms. The summed E-state index contributed by atoms with van der Waals surface area (Å²) >= 11 is 3.21. The number of methoxy groups -OCH3 is 1.